The van der Waals surface area contributed by atoms with Crippen molar-refractivity contribution in [3.05, 3.63) is 95.1 Å². The lowest BCUT2D eigenvalue weighted by Gasteiger charge is -2.14. The SMILES string of the molecule is CC(=O)c1ccc(NC(=O)c2ccc(N3C(=O)c4ccccc4C3=O)cc2)cc1. The molecule has 1 aliphatic rings. The zero-order valence-electron chi connectivity index (χ0n) is 15.5. The van der Waals surface area contributed by atoms with Crippen LogP contribution in [0, 0.1) is 0 Å². The molecule has 1 N–H and O–H groups in total. The van der Waals surface area contributed by atoms with Crippen molar-refractivity contribution in [1.29, 1.82) is 0 Å². The van der Waals surface area contributed by atoms with E-state index >= 15 is 0 Å². The summed E-state index contributed by atoms with van der Waals surface area (Å²) in [7, 11) is 0. The summed E-state index contributed by atoms with van der Waals surface area (Å²) in [5.41, 5.74) is 2.64. The Hall–Kier alpha value is -4.06. The molecule has 0 saturated carbocycles. The lowest BCUT2D eigenvalue weighted by atomic mass is 10.1. The molecule has 0 aromatic heterocycles. The first-order chi connectivity index (χ1) is 14.0. The molecule has 0 spiro atoms. The smallest absolute Gasteiger partial charge is 0.266 e. The number of amides is 3. The first-order valence-electron chi connectivity index (χ1n) is 8.96. The van der Waals surface area contributed by atoms with Gasteiger partial charge in [0, 0.05) is 16.8 Å². The highest BCUT2D eigenvalue weighted by molar-refractivity contribution is 6.34. The second-order valence-corrected chi connectivity index (χ2v) is 6.63. The third-order valence-corrected chi connectivity index (χ3v) is 4.73. The minimum absolute atomic E-state index is 0.0494. The van der Waals surface area contributed by atoms with Gasteiger partial charge in [-0.25, -0.2) is 4.90 Å². The number of nitrogens with zero attached hydrogens (tertiary/aromatic N) is 1. The van der Waals surface area contributed by atoms with E-state index in [0.29, 0.717) is 33.6 Å². The van der Waals surface area contributed by atoms with Crippen molar-refractivity contribution in [3.8, 4) is 0 Å². The van der Waals surface area contributed by atoms with Crippen LogP contribution in [-0.2, 0) is 0 Å². The maximum atomic E-state index is 12.5. The lowest BCUT2D eigenvalue weighted by molar-refractivity contribution is 0.0924. The third-order valence-electron chi connectivity index (χ3n) is 4.73. The molecule has 3 aromatic rings. The molecular formula is C23H16N2O4. The number of hydrogen-bond acceptors (Lipinski definition) is 4. The van der Waals surface area contributed by atoms with E-state index in [4.69, 9.17) is 0 Å². The molecule has 0 saturated heterocycles. The van der Waals surface area contributed by atoms with E-state index < -0.39 is 0 Å². The number of fused-ring (bicyclic) bond motifs is 1. The van der Waals surface area contributed by atoms with Crippen LogP contribution >= 0.6 is 0 Å². The van der Waals surface area contributed by atoms with Gasteiger partial charge in [-0.05, 0) is 67.6 Å². The van der Waals surface area contributed by atoms with Crippen LogP contribution in [0.1, 0.15) is 48.4 Å². The first-order valence-corrected chi connectivity index (χ1v) is 8.96. The van der Waals surface area contributed by atoms with Crippen LogP contribution in [-0.4, -0.2) is 23.5 Å². The number of nitrogens with one attached hydrogen (secondary N) is 1. The molecule has 4 rings (SSSR count). The quantitative estimate of drug-likeness (QED) is 0.545. The number of ketones is 1. The van der Waals surface area contributed by atoms with E-state index in [0.717, 1.165) is 4.90 Å². The molecule has 0 fully saturated rings. The molecule has 6 nitrogen and oxygen atoms in total. The number of benzene rings is 3. The zero-order valence-corrected chi connectivity index (χ0v) is 15.5. The fraction of sp³-hybridized carbons (Fsp3) is 0.0435. The Morgan fingerprint density at radius 2 is 1.24 bits per heavy atom. The molecule has 6 heteroatoms. The largest absolute Gasteiger partial charge is 0.322 e. The van der Waals surface area contributed by atoms with Gasteiger partial charge in [0.2, 0.25) is 0 Å². The van der Waals surface area contributed by atoms with E-state index in [1.165, 1.54) is 6.92 Å². The predicted octanol–water partition coefficient (Wildman–Crippen LogP) is 3.94. The maximum absolute atomic E-state index is 12.5. The summed E-state index contributed by atoms with van der Waals surface area (Å²) in [5, 5.41) is 2.75. The topological polar surface area (TPSA) is 83.6 Å². The number of Topliss-reactive ketones (excluding diaryl/α,β-unsaturated/α-hetero) is 1. The summed E-state index contributed by atoms with van der Waals surface area (Å²) in [6, 6.07) is 19.5. The van der Waals surface area contributed by atoms with Crippen molar-refractivity contribution in [1.82, 2.24) is 0 Å². The van der Waals surface area contributed by atoms with E-state index in [1.54, 1.807) is 72.8 Å². The Balaban J connectivity index is 1.51. The van der Waals surface area contributed by atoms with Crippen molar-refractivity contribution in [2.45, 2.75) is 6.92 Å². The average Bonchev–Trinajstić information content (AvgIpc) is 2.99. The number of imide groups is 1. The van der Waals surface area contributed by atoms with Gasteiger partial charge in [0.1, 0.15) is 0 Å². The minimum Gasteiger partial charge on any atom is -0.322 e. The predicted molar refractivity (Wildman–Crippen MR) is 108 cm³/mol. The molecular weight excluding hydrogens is 368 g/mol. The standard InChI is InChI=1S/C23H16N2O4/c1-14(26)15-6-10-17(11-7-15)24-21(27)16-8-12-18(13-9-16)25-22(28)19-4-2-3-5-20(19)23(25)29/h2-13H,1H3,(H,24,27). The Morgan fingerprint density at radius 3 is 1.76 bits per heavy atom. The van der Waals surface area contributed by atoms with E-state index in [1.807, 2.05) is 0 Å². The second-order valence-electron chi connectivity index (χ2n) is 6.63. The van der Waals surface area contributed by atoms with Crippen molar-refractivity contribution >= 4 is 34.9 Å². The maximum Gasteiger partial charge on any atom is 0.266 e. The van der Waals surface area contributed by atoms with Gasteiger partial charge >= 0.3 is 0 Å². The molecule has 142 valence electrons. The molecule has 0 bridgehead atoms. The van der Waals surface area contributed by atoms with Crippen LogP contribution in [0.5, 0.6) is 0 Å². The summed E-state index contributed by atoms with van der Waals surface area (Å²) >= 11 is 0. The minimum atomic E-state index is -0.381. The van der Waals surface area contributed by atoms with Crippen LogP contribution < -0.4 is 10.2 Å². The first kappa shape index (κ1) is 18.3. The third kappa shape index (κ3) is 3.32. The number of rotatable bonds is 4. The summed E-state index contributed by atoms with van der Waals surface area (Å²) in [6.45, 7) is 1.48. The molecule has 0 atom stereocenters. The van der Waals surface area contributed by atoms with Crippen molar-refractivity contribution in [3.63, 3.8) is 0 Å². The Labute approximate surface area is 166 Å². The Bertz CT molecular complexity index is 1110. The monoisotopic (exact) mass is 384 g/mol. The number of hydrogen-bond donors (Lipinski definition) is 1. The Morgan fingerprint density at radius 1 is 0.724 bits per heavy atom. The molecule has 0 radical (unpaired) electrons. The summed E-state index contributed by atoms with van der Waals surface area (Å²) in [6.07, 6.45) is 0. The van der Waals surface area contributed by atoms with Crippen molar-refractivity contribution in [2.24, 2.45) is 0 Å². The molecule has 1 heterocycles. The highest BCUT2D eigenvalue weighted by atomic mass is 16.2. The van der Waals surface area contributed by atoms with Crippen LogP contribution in [0.15, 0.2) is 72.8 Å². The molecule has 29 heavy (non-hydrogen) atoms. The summed E-state index contributed by atoms with van der Waals surface area (Å²) < 4.78 is 0. The number of carbonyl (C=O) groups is 4. The summed E-state index contributed by atoms with van der Waals surface area (Å²) in [4.78, 5) is 50.0. The highest BCUT2D eigenvalue weighted by Crippen LogP contribution is 2.28. The van der Waals surface area contributed by atoms with E-state index in [2.05, 4.69) is 5.32 Å². The fourth-order valence-corrected chi connectivity index (χ4v) is 3.18. The van der Waals surface area contributed by atoms with Gasteiger partial charge in [-0.2, -0.15) is 0 Å². The van der Waals surface area contributed by atoms with Gasteiger partial charge in [-0.3, -0.25) is 19.2 Å². The van der Waals surface area contributed by atoms with E-state index in [9.17, 15) is 19.2 Å². The van der Waals surface area contributed by atoms with Crippen LogP contribution in [0.3, 0.4) is 0 Å². The average molecular weight is 384 g/mol. The van der Waals surface area contributed by atoms with Gasteiger partial charge in [0.15, 0.2) is 5.78 Å². The number of carbonyl (C=O) groups excluding carboxylic acids is 4. The van der Waals surface area contributed by atoms with Gasteiger partial charge < -0.3 is 5.32 Å². The lowest BCUT2D eigenvalue weighted by Crippen LogP contribution is -2.29. The summed E-state index contributed by atoms with van der Waals surface area (Å²) in [5.74, 6) is -1.15. The molecule has 0 aliphatic carbocycles. The molecule has 0 unspecified atom stereocenters. The van der Waals surface area contributed by atoms with Gasteiger partial charge in [0.05, 0.1) is 16.8 Å². The highest BCUT2D eigenvalue weighted by Gasteiger charge is 2.36. The fourth-order valence-electron chi connectivity index (χ4n) is 3.18. The normalized spacial score (nSPS) is 12.7. The van der Waals surface area contributed by atoms with Crippen molar-refractivity contribution in [2.75, 3.05) is 10.2 Å². The van der Waals surface area contributed by atoms with Gasteiger partial charge in [-0.15, -0.1) is 0 Å². The van der Waals surface area contributed by atoms with Crippen LogP contribution in [0.25, 0.3) is 0 Å². The second kappa shape index (κ2) is 7.16. The van der Waals surface area contributed by atoms with Crippen molar-refractivity contribution < 1.29 is 19.2 Å². The van der Waals surface area contributed by atoms with Gasteiger partial charge in [0.25, 0.3) is 17.7 Å². The van der Waals surface area contributed by atoms with E-state index in [-0.39, 0.29) is 23.5 Å². The molecule has 3 aromatic carbocycles. The number of anilines is 2. The Kier molecular flexibility index (Phi) is 4.52. The van der Waals surface area contributed by atoms with Crippen LogP contribution in [0.4, 0.5) is 11.4 Å². The molecule has 1 aliphatic heterocycles. The zero-order chi connectivity index (χ0) is 20.5. The molecule has 3 amide bonds. The van der Waals surface area contributed by atoms with Gasteiger partial charge in [-0.1, -0.05) is 12.1 Å². The van der Waals surface area contributed by atoms with Crippen LogP contribution in [0.2, 0.25) is 0 Å².